The fourth-order valence-electron chi connectivity index (χ4n) is 4.97. The lowest BCUT2D eigenvalue weighted by Crippen LogP contribution is -2.28. The van der Waals surface area contributed by atoms with Gasteiger partial charge in [0.05, 0.1) is 17.4 Å². The van der Waals surface area contributed by atoms with E-state index in [-0.39, 0.29) is 23.7 Å². The Morgan fingerprint density at radius 3 is 2.63 bits per heavy atom. The van der Waals surface area contributed by atoms with Gasteiger partial charge in [0.1, 0.15) is 17.8 Å². The van der Waals surface area contributed by atoms with Crippen LogP contribution in [0.4, 0.5) is 24.8 Å². The molecule has 38 heavy (non-hydrogen) atoms. The Morgan fingerprint density at radius 2 is 1.95 bits per heavy atom. The highest BCUT2D eigenvalue weighted by Gasteiger charge is 2.35. The largest absolute Gasteiger partial charge is 0.433 e. The van der Waals surface area contributed by atoms with Crippen LogP contribution in [0, 0.1) is 11.8 Å². The van der Waals surface area contributed by atoms with Crippen LogP contribution in [-0.4, -0.2) is 38.0 Å². The van der Waals surface area contributed by atoms with Crippen molar-refractivity contribution < 1.29 is 22.8 Å². The molecule has 0 saturated heterocycles. The van der Waals surface area contributed by atoms with Crippen LogP contribution in [-0.2, 0) is 30.2 Å². The molecule has 1 amide bonds. The third kappa shape index (κ3) is 5.31. The van der Waals surface area contributed by atoms with Gasteiger partial charge in [-0.1, -0.05) is 0 Å². The third-order valence-electron chi connectivity index (χ3n) is 7.43. The van der Waals surface area contributed by atoms with E-state index in [9.17, 15) is 22.8 Å². The van der Waals surface area contributed by atoms with E-state index in [1.54, 1.807) is 17.7 Å². The molecule has 6 rings (SSSR count). The zero-order valence-electron chi connectivity index (χ0n) is 20.6. The van der Waals surface area contributed by atoms with Crippen LogP contribution in [0.5, 0.6) is 0 Å². The molecule has 3 aliphatic rings. The van der Waals surface area contributed by atoms with Crippen molar-refractivity contribution in [2.75, 3.05) is 11.9 Å². The molecule has 1 atom stereocenters. The molecule has 2 N–H and O–H groups in total. The predicted octanol–water partition coefficient (Wildman–Crippen LogP) is 4.89. The van der Waals surface area contributed by atoms with Gasteiger partial charge in [0, 0.05) is 34.7 Å². The number of carbonyl (C=O) groups is 2. The lowest BCUT2D eigenvalue weighted by molar-refractivity contribution is -0.141. The summed E-state index contributed by atoms with van der Waals surface area (Å²) < 4.78 is 40.5. The van der Waals surface area contributed by atoms with Crippen LogP contribution in [0.3, 0.4) is 0 Å². The number of anilines is 2. The van der Waals surface area contributed by atoms with Crippen molar-refractivity contribution >= 4 is 34.7 Å². The number of nitrogens with zero attached hydrogens (tertiary/aromatic N) is 4. The Hall–Kier alpha value is -3.28. The van der Waals surface area contributed by atoms with E-state index in [0.29, 0.717) is 42.5 Å². The first-order valence-corrected chi connectivity index (χ1v) is 13.7. The fraction of sp³-hybridized carbons (Fsp3) is 0.500. The Balaban J connectivity index is 1.23. The van der Waals surface area contributed by atoms with Crippen molar-refractivity contribution in [1.29, 1.82) is 0 Å². The quantitative estimate of drug-likeness (QED) is 0.398. The minimum atomic E-state index is -4.51. The summed E-state index contributed by atoms with van der Waals surface area (Å²) in [6, 6.07) is 2.16. The summed E-state index contributed by atoms with van der Waals surface area (Å²) in [4.78, 5) is 31.5. The summed E-state index contributed by atoms with van der Waals surface area (Å²) in [5, 5.41) is 14.3. The Labute approximate surface area is 221 Å². The normalized spacial score (nSPS) is 19.2. The number of fused-ring (bicyclic) bond motifs is 1. The standard InChI is InChI=1S/C26H27F3N6O2S/c27-26(28,29)22-8-5-16(12-30-22)33-25-34-32-13-35(25)17-6-7-20-18(9-17)23(24(37)31-11-14-1-2-14)21(38-20)10-19(36)15-3-4-15/h5,8,12-15,17H,1-4,6-7,9-11H2,(H,31,37)(H,33,34)/t17-/m0/s1. The molecule has 0 radical (unpaired) electrons. The summed E-state index contributed by atoms with van der Waals surface area (Å²) in [6.45, 7) is 0.656. The van der Waals surface area contributed by atoms with Crippen molar-refractivity contribution in [3.05, 3.63) is 51.2 Å². The van der Waals surface area contributed by atoms with Gasteiger partial charge in [-0.2, -0.15) is 13.2 Å². The van der Waals surface area contributed by atoms with E-state index >= 15 is 0 Å². The first-order chi connectivity index (χ1) is 18.3. The van der Waals surface area contributed by atoms with Crippen LogP contribution < -0.4 is 10.6 Å². The molecule has 200 valence electrons. The van der Waals surface area contributed by atoms with E-state index in [1.807, 2.05) is 4.57 Å². The van der Waals surface area contributed by atoms with Gasteiger partial charge in [0.15, 0.2) is 0 Å². The number of halogens is 3. The number of nitrogens with one attached hydrogen (secondary N) is 2. The highest BCUT2D eigenvalue weighted by Crippen LogP contribution is 2.41. The van der Waals surface area contributed by atoms with Gasteiger partial charge in [-0.05, 0) is 68.6 Å². The molecule has 0 unspecified atom stereocenters. The fourth-order valence-corrected chi connectivity index (χ4v) is 6.33. The molecule has 2 saturated carbocycles. The third-order valence-corrected chi connectivity index (χ3v) is 8.72. The number of aryl methyl sites for hydroxylation is 1. The minimum absolute atomic E-state index is 0.0565. The van der Waals surface area contributed by atoms with Crippen LogP contribution in [0.2, 0.25) is 0 Å². The molecule has 8 nitrogen and oxygen atoms in total. The zero-order chi connectivity index (χ0) is 26.4. The van der Waals surface area contributed by atoms with Crippen molar-refractivity contribution in [1.82, 2.24) is 25.1 Å². The lowest BCUT2D eigenvalue weighted by atomic mass is 9.90. The van der Waals surface area contributed by atoms with Gasteiger partial charge in [0.25, 0.3) is 5.91 Å². The molecule has 0 bridgehead atoms. The highest BCUT2D eigenvalue weighted by atomic mass is 32.1. The first kappa shape index (κ1) is 25.0. The van der Waals surface area contributed by atoms with Gasteiger partial charge in [-0.25, -0.2) is 4.98 Å². The van der Waals surface area contributed by atoms with Gasteiger partial charge in [-0.15, -0.1) is 21.5 Å². The molecule has 0 aromatic carbocycles. The second-order valence-corrected chi connectivity index (χ2v) is 11.6. The molecule has 3 aromatic rings. The van der Waals surface area contributed by atoms with Gasteiger partial charge in [0.2, 0.25) is 5.95 Å². The summed E-state index contributed by atoms with van der Waals surface area (Å²) in [7, 11) is 0. The molecule has 12 heteroatoms. The smallest absolute Gasteiger partial charge is 0.352 e. The molecule has 3 aromatic heterocycles. The molecule has 3 heterocycles. The number of thiophene rings is 1. The van der Waals surface area contributed by atoms with Crippen LogP contribution in [0.15, 0.2) is 24.7 Å². The maximum absolute atomic E-state index is 13.4. The number of hydrogen-bond acceptors (Lipinski definition) is 7. The van der Waals surface area contributed by atoms with Gasteiger partial charge in [-0.3, -0.25) is 14.2 Å². The average Bonchev–Trinajstić information content (AvgIpc) is 3.81. The molecule has 0 aliphatic heterocycles. The maximum atomic E-state index is 13.4. The summed E-state index contributed by atoms with van der Waals surface area (Å²) in [6.07, 6.45) is 4.76. The number of ketones is 1. The number of Topliss-reactive ketones (excluding diaryl/α,β-unsaturated/α-hetero) is 1. The SMILES string of the molecule is O=C(NCC1CC1)c1c(CC(=O)C2CC2)sc2c1C[C@@H](n1cnnc1Nc1ccc(C(F)(F)F)nc1)CC2. The van der Waals surface area contributed by atoms with Crippen molar-refractivity contribution in [2.24, 2.45) is 11.8 Å². The minimum Gasteiger partial charge on any atom is -0.352 e. The van der Waals surface area contributed by atoms with E-state index < -0.39 is 11.9 Å². The first-order valence-electron chi connectivity index (χ1n) is 12.9. The Morgan fingerprint density at radius 1 is 1.13 bits per heavy atom. The summed E-state index contributed by atoms with van der Waals surface area (Å²) in [5.41, 5.74) is 1.03. The van der Waals surface area contributed by atoms with E-state index in [0.717, 1.165) is 66.1 Å². The average molecular weight is 545 g/mol. The second kappa shape index (κ2) is 9.79. The number of pyridine rings is 1. The molecular formula is C26H27F3N6O2S. The zero-order valence-corrected chi connectivity index (χ0v) is 21.4. The predicted molar refractivity (Wildman–Crippen MR) is 134 cm³/mol. The molecule has 0 spiro atoms. The number of alkyl halides is 3. The van der Waals surface area contributed by atoms with E-state index in [4.69, 9.17) is 0 Å². The van der Waals surface area contributed by atoms with Gasteiger partial charge >= 0.3 is 6.18 Å². The Bertz CT molecular complexity index is 1360. The molecule has 2 fully saturated rings. The highest BCUT2D eigenvalue weighted by molar-refractivity contribution is 7.12. The Kier molecular flexibility index (Phi) is 6.45. The number of carbonyl (C=O) groups excluding carboxylic acids is 2. The number of rotatable bonds is 9. The van der Waals surface area contributed by atoms with E-state index in [1.165, 1.54) is 6.07 Å². The lowest BCUT2D eigenvalue weighted by Gasteiger charge is -2.25. The van der Waals surface area contributed by atoms with Gasteiger partial charge < -0.3 is 10.6 Å². The number of amides is 1. The molecule has 3 aliphatic carbocycles. The maximum Gasteiger partial charge on any atom is 0.433 e. The van der Waals surface area contributed by atoms with Crippen molar-refractivity contribution in [3.63, 3.8) is 0 Å². The monoisotopic (exact) mass is 544 g/mol. The van der Waals surface area contributed by atoms with Crippen LogP contribution >= 0.6 is 11.3 Å². The number of aromatic nitrogens is 4. The second-order valence-electron chi connectivity index (χ2n) is 10.4. The van der Waals surface area contributed by atoms with E-state index in [2.05, 4.69) is 25.8 Å². The summed E-state index contributed by atoms with van der Waals surface area (Å²) >= 11 is 1.59. The van der Waals surface area contributed by atoms with Crippen molar-refractivity contribution in [2.45, 2.75) is 63.6 Å². The molecular weight excluding hydrogens is 517 g/mol. The van der Waals surface area contributed by atoms with Crippen molar-refractivity contribution in [3.8, 4) is 0 Å². The van der Waals surface area contributed by atoms with Crippen LogP contribution in [0.25, 0.3) is 0 Å². The number of hydrogen-bond donors (Lipinski definition) is 2. The topological polar surface area (TPSA) is 102 Å². The summed E-state index contributed by atoms with van der Waals surface area (Å²) in [5.74, 6) is 1.18. The van der Waals surface area contributed by atoms with Crippen LogP contribution in [0.1, 0.15) is 69.5 Å².